The number of amides is 2. The average Bonchev–Trinajstić information content (AvgIpc) is 3.01. The van der Waals surface area contributed by atoms with Gasteiger partial charge in [0.05, 0.1) is 6.54 Å². The number of carbonyl (C=O) groups is 1. The van der Waals surface area contributed by atoms with Gasteiger partial charge in [-0.25, -0.2) is 4.79 Å². The Balaban J connectivity index is 1.65. The van der Waals surface area contributed by atoms with Gasteiger partial charge in [0.25, 0.3) is 0 Å². The summed E-state index contributed by atoms with van der Waals surface area (Å²) < 4.78 is 5.62. The molecule has 1 aromatic rings. The molecule has 22 heavy (non-hydrogen) atoms. The van der Waals surface area contributed by atoms with Crippen LogP contribution < -0.4 is 10.1 Å². The number of nitrogens with one attached hydrogen (secondary N) is 1. The minimum Gasteiger partial charge on any atom is -0.492 e. The van der Waals surface area contributed by atoms with Crippen LogP contribution in [0.5, 0.6) is 5.75 Å². The minimum absolute atomic E-state index is 0.0743. The van der Waals surface area contributed by atoms with Crippen molar-refractivity contribution in [1.29, 1.82) is 0 Å². The summed E-state index contributed by atoms with van der Waals surface area (Å²) in [7, 11) is 0. The van der Waals surface area contributed by atoms with Gasteiger partial charge in [0, 0.05) is 25.6 Å². The number of ether oxygens (including phenoxy) is 1. The second-order valence-corrected chi connectivity index (χ2v) is 6.09. The van der Waals surface area contributed by atoms with E-state index >= 15 is 0 Å². The fraction of sp³-hybridized carbons (Fsp3) is 0.588. The molecule has 0 aromatic heterocycles. The molecule has 1 aromatic carbocycles. The van der Waals surface area contributed by atoms with Crippen molar-refractivity contribution in [3.05, 3.63) is 29.8 Å². The maximum atomic E-state index is 11.9. The van der Waals surface area contributed by atoms with E-state index in [0.717, 1.165) is 12.2 Å². The number of likely N-dealkylation sites (tertiary alicyclic amines) is 1. The number of aliphatic hydroxyl groups excluding tert-OH is 1. The van der Waals surface area contributed by atoms with Crippen LogP contribution in [0.4, 0.5) is 4.79 Å². The number of aliphatic hydroxyl groups is 1. The molecule has 1 unspecified atom stereocenters. The Kier molecular flexibility index (Phi) is 6.07. The Hall–Kier alpha value is -1.75. The maximum absolute atomic E-state index is 11.9. The fourth-order valence-electron chi connectivity index (χ4n) is 2.55. The van der Waals surface area contributed by atoms with E-state index in [9.17, 15) is 4.79 Å². The molecule has 5 nitrogen and oxygen atoms in total. The molecule has 0 saturated carbocycles. The van der Waals surface area contributed by atoms with Gasteiger partial charge in [-0.15, -0.1) is 0 Å². The SMILES string of the molecule is CC(C)c1ccc(OCCNC(=O)N2CCC(CO)C2)cc1. The summed E-state index contributed by atoms with van der Waals surface area (Å²) in [6.45, 7) is 6.75. The van der Waals surface area contributed by atoms with Gasteiger partial charge in [0.2, 0.25) is 0 Å². The summed E-state index contributed by atoms with van der Waals surface area (Å²) in [4.78, 5) is 13.7. The van der Waals surface area contributed by atoms with Crippen LogP contribution in [0, 0.1) is 5.92 Å². The van der Waals surface area contributed by atoms with E-state index in [1.165, 1.54) is 5.56 Å². The highest BCUT2D eigenvalue weighted by molar-refractivity contribution is 5.74. The van der Waals surface area contributed by atoms with Crippen molar-refractivity contribution in [2.45, 2.75) is 26.2 Å². The van der Waals surface area contributed by atoms with E-state index in [-0.39, 0.29) is 18.6 Å². The maximum Gasteiger partial charge on any atom is 0.317 e. The molecular formula is C17H26N2O3. The van der Waals surface area contributed by atoms with Crippen molar-refractivity contribution in [1.82, 2.24) is 10.2 Å². The molecule has 1 aliphatic rings. The molecule has 1 aliphatic heterocycles. The van der Waals surface area contributed by atoms with Gasteiger partial charge in [-0.05, 0) is 30.0 Å². The number of hydrogen-bond acceptors (Lipinski definition) is 3. The molecule has 1 saturated heterocycles. The molecule has 1 fully saturated rings. The van der Waals surface area contributed by atoms with E-state index in [2.05, 4.69) is 31.3 Å². The summed E-state index contributed by atoms with van der Waals surface area (Å²) in [6.07, 6.45) is 0.878. The Morgan fingerprint density at radius 3 is 2.73 bits per heavy atom. The second-order valence-electron chi connectivity index (χ2n) is 6.09. The van der Waals surface area contributed by atoms with E-state index in [1.54, 1.807) is 4.90 Å². The van der Waals surface area contributed by atoms with E-state index < -0.39 is 0 Å². The van der Waals surface area contributed by atoms with Crippen LogP contribution >= 0.6 is 0 Å². The van der Waals surface area contributed by atoms with Crippen molar-refractivity contribution in [3.63, 3.8) is 0 Å². The van der Waals surface area contributed by atoms with Crippen LogP contribution in [-0.4, -0.2) is 48.9 Å². The molecule has 0 spiro atoms. The lowest BCUT2D eigenvalue weighted by Gasteiger charge is -2.17. The normalized spacial score (nSPS) is 17.8. The van der Waals surface area contributed by atoms with Gasteiger partial charge in [0.15, 0.2) is 0 Å². The molecule has 2 rings (SSSR count). The smallest absolute Gasteiger partial charge is 0.317 e. The first-order valence-electron chi connectivity index (χ1n) is 7.96. The van der Waals surface area contributed by atoms with E-state index in [4.69, 9.17) is 9.84 Å². The number of benzene rings is 1. The summed E-state index contributed by atoms with van der Waals surface area (Å²) in [6, 6.07) is 7.98. The first-order valence-corrected chi connectivity index (χ1v) is 7.96. The molecule has 2 amide bonds. The van der Waals surface area contributed by atoms with Gasteiger partial charge in [-0.3, -0.25) is 0 Å². The largest absolute Gasteiger partial charge is 0.492 e. The van der Waals surface area contributed by atoms with Crippen LogP contribution in [0.3, 0.4) is 0 Å². The Labute approximate surface area is 132 Å². The highest BCUT2D eigenvalue weighted by Gasteiger charge is 2.25. The fourth-order valence-corrected chi connectivity index (χ4v) is 2.55. The lowest BCUT2D eigenvalue weighted by molar-refractivity contribution is 0.195. The third kappa shape index (κ3) is 4.63. The molecular weight excluding hydrogens is 280 g/mol. The van der Waals surface area contributed by atoms with Gasteiger partial charge >= 0.3 is 6.03 Å². The van der Waals surface area contributed by atoms with Crippen molar-refractivity contribution in [2.24, 2.45) is 5.92 Å². The van der Waals surface area contributed by atoms with Crippen molar-refractivity contribution >= 4 is 6.03 Å². The monoisotopic (exact) mass is 306 g/mol. The number of nitrogens with zero attached hydrogens (tertiary/aromatic N) is 1. The summed E-state index contributed by atoms with van der Waals surface area (Å²) in [5.41, 5.74) is 1.29. The van der Waals surface area contributed by atoms with Crippen molar-refractivity contribution in [3.8, 4) is 5.75 Å². The minimum atomic E-state index is -0.0743. The molecule has 0 radical (unpaired) electrons. The third-order valence-electron chi connectivity index (χ3n) is 4.03. The Morgan fingerprint density at radius 1 is 1.41 bits per heavy atom. The summed E-state index contributed by atoms with van der Waals surface area (Å²) in [5, 5.41) is 11.9. The van der Waals surface area contributed by atoms with Crippen LogP contribution in [0.25, 0.3) is 0 Å². The van der Waals surface area contributed by atoms with Gasteiger partial charge < -0.3 is 20.1 Å². The standard InChI is InChI=1S/C17H26N2O3/c1-13(2)15-3-5-16(6-4-15)22-10-8-18-17(21)19-9-7-14(11-19)12-20/h3-6,13-14,20H,7-12H2,1-2H3,(H,18,21). The van der Waals surface area contributed by atoms with E-state index in [1.807, 2.05) is 12.1 Å². The molecule has 5 heteroatoms. The molecule has 2 N–H and O–H groups in total. The van der Waals surface area contributed by atoms with Crippen LogP contribution in [-0.2, 0) is 0 Å². The number of rotatable bonds is 6. The zero-order chi connectivity index (χ0) is 15.9. The number of carbonyl (C=O) groups excluding carboxylic acids is 1. The topological polar surface area (TPSA) is 61.8 Å². The van der Waals surface area contributed by atoms with Crippen LogP contribution in [0.2, 0.25) is 0 Å². The number of hydrogen-bond donors (Lipinski definition) is 2. The predicted octanol–water partition coefficient (Wildman–Crippen LogP) is 2.21. The first-order chi connectivity index (χ1) is 10.6. The Bertz CT molecular complexity index is 473. The van der Waals surface area contributed by atoms with Crippen LogP contribution in [0.1, 0.15) is 31.7 Å². The quantitative estimate of drug-likeness (QED) is 0.792. The molecule has 1 heterocycles. The Morgan fingerprint density at radius 2 is 2.14 bits per heavy atom. The van der Waals surface area contributed by atoms with Gasteiger partial charge in [-0.2, -0.15) is 0 Å². The molecule has 0 bridgehead atoms. The summed E-state index contributed by atoms with van der Waals surface area (Å²) >= 11 is 0. The van der Waals surface area contributed by atoms with Crippen molar-refractivity contribution in [2.75, 3.05) is 32.8 Å². The third-order valence-corrected chi connectivity index (χ3v) is 4.03. The zero-order valence-electron chi connectivity index (χ0n) is 13.4. The van der Waals surface area contributed by atoms with Crippen LogP contribution in [0.15, 0.2) is 24.3 Å². The number of urea groups is 1. The zero-order valence-corrected chi connectivity index (χ0v) is 13.4. The predicted molar refractivity (Wildman–Crippen MR) is 86.2 cm³/mol. The lowest BCUT2D eigenvalue weighted by Crippen LogP contribution is -2.40. The van der Waals surface area contributed by atoms with E-state index in [0.29, 0.717) is 32.2 Å². The van der Waals surface area contributed by atoms with Crippen molar-refractivity contribution < 1.29 is 14.6 Å². The summed E-state index contributed by atoms with van der Waals surface area (Å²) in [5.74, 6) is 1.55. The molecule has 122 valence electrons. The molecule has 0 aliphatic carbocycles. The average molecular weight is 306 g/mol. The lowest BCUT2D eigenvalue weighted by atomic mass is 10.0. The first kappa shape index (κ1) is 16.6. The highest BCUT2D eigenvalue weighted by atomic mass is 16.5. The van der Waals surface area contributed by atoms with Gasteiger partial charge in [0.1, 0.15) is 12.4 Å². The second kappa shape index (κ2) is 8.03. The highest BCUT2D eigenvalue weighted by Crippen LogP contribution is 2.18. The van der Waals surface area contributed by atoms with Gasteiger partial charge in [-0.1, -0.05) is 26.0 Å². The molecule has 1 atom stereocenters.